The standard InChI is InChI=1S/C20H27N5O2/c1-4-27-20(26)25-9-6-16(7-10-25)23-19-21-8-5-18(24-19)22-17-12-14(2)11-15(3)13-17/h5,8,11-13,16H,4,6-7,9-10H2,1-3H3,(H2,21,22,23,24). The second-order valence-corrected chi connectivity index (χ2v) is 6.87. The molecule has 144 valence electrons. The summed E-state index contributed by atoms with van der Waals surface area (Å²) in [5, 5.41) is 6.72. The van der Waals surface area contributed by atoms with Crippen LogP contribution in [0.15, 0.2) is 30.5 Å². The van der Waals surface area contributed by atoms with Gasteiger partial charge in [0.25, 0.3) is 0 Å². The quantitative estimate of drug-likeness (QED) is 0.833. The highest BCUT2D eigenvalue weighted by molar-refractivity contribution is 5.67. The van der Waals surface area contributed by atoms with Crippen LogP contribution in [0.4, 0.5) is 22.2 Å². The number of carbonyl (C=O) groups is 1. The van der Waals surface area contributed by atoms with Gasteiger partial charge in [0.05, 0.1) is 6.61 Å². The predicted octanol–water partition coefficient (Wildman–Crippen LogP) is 3.87. The maximum Gasteiger partial charge on any atom is 0.409 e. The molecule has 0 atom stereocenters. The monoisotopic (exact) mass is 369 g/mol. The number of aromatic nitrogens is 2. The van der Waals surface area contributed by atoms with Gasteiger partial charge in [-0.15, -0.1) is 0 Å². The number of likely N-dealkylation sites (tertiary alicyclic amines) is 1. The molecular formula is C20H27N5O2. The van der Waals surface area contributed by atoms with Crippen molar-refractivity contribution in [3.05, 3.63) is 41.6 Å². The Morgan fingerprint density at radius 2 is 1.93 bits per heavy atom. The van der Waals surface area contributed by atoms with Crippen LogP contribution in [-0.4, -0.2) is 46.7 Å². The fraction of sp³-hybridized carbons (Fsp3) is 0.450. The number of piperidine rings is 1. The SMILES string of the molecule is CCOC(=O)N1CCC(Nc2nccc(Nc3cc(C)cc(C)c3)n2)CC1. The summed E-state index contributed by atoms with van der Waals surface area (Å²) >= 11 is 0. The van der Waals surface area contributed by atoms with Crippen molar-refractivity contribution in [3.8, 4) is 0 Å². The smallest absolute Gasteiger partial charge is 0.409 e. The van der Waals surface area contributed by atoms with E-state index in [0.29, 0.717) is 25.6 Å². The summed E-state index contributed by atoms with van der Waals surface area (Å²) in [6.07, 6.45) is 3.20. The van der Waals surface area contributed by atoms with Gasteiger partial charge in [-0.25, -0.2) is 9.78 Å². The van der Waals surface area contributed by atoms with Crippen LogP contribution in [0.5, 0.6) is 0 Å². The van der Waals surface area contributed by atoms with Crippen molar-refractivity contribution in [3.63, 3.8) is 0 Å². The van der Waals surface area contributed by atoms with Crippen LogP contribution in [0, 0.1) is 13.8 Å². The third-order valence-electron chi connectivity index (χ3n) is 4.50. The number of nitrogens with one attached hydrogen (secondary N) is 2. The van der Waals surface area contributed by atoms with Crippen LogP contribution in [0.1, 0.15) is 30.9 Å². The Balaban J connectivity index is 1.57. The van der Waals surface area contributed by atoms with E-state index in [1.54, 1.807) is 11.1 Å². The van der Waals surface area contributed by atoms with Crippen LogP contribution < -0.4 is 10.6 Å². The van der Waals surface area contributed by atoms with E-state index in [1.165, 1.54) is 11.1 Å². The summed E-state index contributed by atoms with van der Waals surface area (Å²) < 4.78 is 5.06. The lowest BCUT2D eigenvalue weighted by Crippen LogP contribution is -2.42. The van der Waals surface area contributed by atoms with E-state index in [0.717, 1.165) is 24.3 Å². The van der Waals surface area contributed by atoms with Gasteiger partial charge in [0.15, 0.2) is 0 Å². The van der Waals surface area contributed by atoms with Gasteiger partial charge in [-0.3, -0.25) is 0 Å². The van der Waals surface area contributed by atoms with Gasteiger partial charge >= 0.3 is 6.09 Å². The summed E-state index contributed by atoms with van der Waals surface area (Å²) in [5.74, 6) is 1.35. The number of carbonyl (C=O) groups excluding carboxylic acids is 1. The van der Waals surface area contributed by atoms with Gasteiger partial charge in [-0.2, -0.15) is 4.98 Å². The number of hydrogen-bond acceptors (Lipinski definition) is 6. The molecule has 1 aliphatic rings. The number of ether oxygens (including phenoxy) is 1. The normalized spacial score (nSPS) is 14.7. The first-order valence-corrected chi connectivity index (χ1v) is 9.40. The average molecular weight is 369 g/mol. The minimum absolute atomic E-state index is 0.230. The van der Waals surface area contributed by atoms with E-state index < -0.39 is 0 Å². The molecular weight excluding hydrogens is 342 g/mol. The van der Waals surface area contributed by atoms with Crippen molar-refractivity contribution < 1.29 is 9.53 Å². The minimum atomic E-state index is -0.230. The molecule has 0 aliphatic carbocycles. The molecule has 2 heterocycles. The zero-order chi connectivity index (χ0) is 19.2. The van der Waals surface area contributed by atoms with E-state index >= 15 is 0 Å². The predicted molar refractivity (Wildman–Crippen MR) is 106 cm³/mol. The number of anilines is 3. The molecule has 1 aliphatic heterocycles. The second-order valence-electron chi connectivity index (χ2n) is 6.87. The molecule has 0 spiro atoms. The summed E-state index contributed by atoms with van der Waals surface area (Å²) in [5.41, 5.74) is 3.43. The van der Waals surface area contributed by atoms with Crippen molar-refractivity contribution >= 4 is 23.5 Å². The van der Waals surface area contributed by atoms with Crippen molar-refractivity contribution in [1.29, 1.82) is 0 Å². The molecule has 0 radical (unpaired) electrons. The minimum Gasteiger partial charge on any atom is -0.450 e. The summed E-state index contributed by atoms with van der Waals surface area (Å²) in [7, 11) is 0. The van der Waals surface area contributed by atoms with E-state index in [1.807, 2.05) is 13.0 Å². The lowest BCUT2D eigenvalue weighted by molar-refractivity contribution is 0.0983. The first kappa shape index (κ1) is 18.9. The molecule has 27 heavy (non-hydrogen) atoms. The van der Waals surface area contributed by atoms with E-state index in [9.17, 15) is 4.79 Å². The summed E-state index contributed by atoms with van der Waals surface area (Å²) in [6.45, 7) is 7.74. The fourth-order valence-electron chi connectivity index (χ4n) is 3.30. The zero-order valence-electron chi connectivity index (χ0n) is 16.2. The molecule has 1 fully saturated rings. The van der Waals surface area contributed by atoms with Gasteiger partial charge < -0.3 is 20.3 Å². The Kier molecular flexibility index (Phi) is 6.11. The van der Waals surface area contributed by atoms with E-state index in [4.69, 9.17) is 4.74 Å². The third-order valence-corrected chi connectivity index (χ3v) is 4.50. The number of hydrogen-bond donors (Lipinski definition) is 2. The Hall–Kier alpha value is -2.83. The Morgan fingerprint density at radius 3 is 2.59 bits per heavy atom. The molecule has 2 N–H and O–H groups in total. The molecule has 0 saturated carbocycles. The number of benzene rings is 1. The molecule has 1 aromatic heterocycles. The van der Waals surface area contributed by atoms with Gasteiger partial charge in [-0.1, -0.05) is 6.07 Å². The van der Waals surface area contributed by atoms with Gasteiger partial charge in [-0.05, 0) is 62.9 Å². The van der Waals surface area contributed by atoms with Crippen LogP contribution in [0.25, 0.3) is 0 Å². The highest BCUT2D eigenvalue weighted by Crippen LogP contribution is 2.20. The Bertz CT molecular complexity index is 767. The molecule has 7 nitrogen and oxygen atoms in total. The first-order valence-electron chi connectivity index (χ1n) is 9.40. The Labute approximate surface area is 160 Å². The molecule has 7 heteroatoms. The topological polar surface area (TPSA) is 79.4 Å². The molecule has 2 aromatic rings. The Morgan fingerprint density at radius 1 is 1.22 bits per heavy atom. The first-order chi connectivity index (χ1) is 13.0. The number of nitrogens with zero attached hydrogens (tertiary/aromatic N) is 3. The number of aryl methyl sites for hydroxylation is 2. The van der Waals surface area contributed by atoms with Gasteiger partial charge in [0.1, 0.15) is 5.82 Å². The van der Waals surface area contributed by atoms with Gasteiger partial charge in [0.2, 0.25) is 5.95 Å². The molecule has 3 rings (SSSR count). The fourth-order valence-corrected chi connectivity index (χ4v) is 3.30. The van der Waals surface area contributed by atoms with Crippen molar-refractivity contribution in [1.82, 2.24) is 14.9 Å². The zero-order valence-corrected chi connectivity index (χ0v) is 16.2. The lowest BCUT2D eigenvalue weighted by atomic mass is 10.1. The maximum atomic E-state index is 11.8. The molecule has 0 bridgehead atoms. The van der Waals surface area contributed by atoms with Crippen molar-refractivity contribution in [2.75, 3.05) is 30.3 Å². The molecule has 0 unspecified atom stereocenters. The maximum absolute atomic E-state index is 11.8. The molecule has 1 saturated heterocycles. The van der Waals surface area contributed by atoms with Gasteiger partial charge in [0, 0.05) is 31.0 Å². The van der Waals surface area contributed by atoms with Crippen LogP contribution in [0.2, 0.25) is 0 Å². The van der Waals surface area contributed by atoms with Crippen molar-refractivity contribution in [2.45, 2.75) is 39.7 Å². The summed E-state index contributed by atoms with van der Waals surface area (Å²) in [4.78, 5) is 22.4. The second kappa shape index (κ2) is 8.70. The van der Waals surface area contributed by atoms with Crippen LogP contribution in [0.3, 0.4) is 0 Å². The average Bonchev–Trinajstić information content (AvgIpc) is 2.62. The lowest BCUT2D eigenvalue weighted by Gasteiger charge is -2.31. The van der Waals surface area contributed by atoms with Crippen LogP contribution >= 0.6 is 0 Å². The van der Waals surface area contributed by atoms with Crippen LogP contribution in [-0.2, 0) is 4.74 Å². The number of amides is 1. The highest BCUT2D eigenvalue weighted by atomic mass is 16.6. The van der Waals surface area contributed by atoms with Crippen molar-refractivity contribution in [2.24, 2.45) is 0 Å². The molecule has 1 aromatic carbocycles. The highest BCUT2D eigenvalue weighted by Gasteiger charge is 2.23. The van der Waals surface area contributed by atoms with E-state index in [2.05, 4.69) is 52.6 Å². The third kappa shape index (κ3) is 5.32. The largest absolute Gasteiger partial charge is 0.450 e. The molecule has 1 amide bonds. The van der Waals surface area contributed by atoms with E-state index in [-0.39, 0.29) is 12.1 Å². The summed E-state index contributed by atoms with van der Waals surface area (Å²) in [6, 6.07) is 8.42. The number of rotatable bonds is 5.